The Morgan fingerprint density at radius 3 is 1.53 bits per heavy atom. The molecule has 0 spiro atoms. The third-order valence-corrected chi connectivity index (χ3v) is 3.28. The average molecular weight is 268 g/mol. The highest BCUT2D eigenvalue weighted by atomic mass is 16.4. The lowest BCUT2D eigenvalue weighted by Crippen LogP contribution is -2.07. The molecule has 0 radical (unpaired) electrons. The number of hydrogen-bond donors (Lipinski definition) is 2. The minimum atomic E-state index is -0.911. The molecule has 0 aliphatic carbocycles. The molecule has 0 aromatic carbocycles. The van der Waals surface area contributed by atoms with E-state index in [1.54, 1.807) is 12.2 Å². The van der Waals surface area contributed by atoms with Crippen LogP contribution in [-0.2, 0) is 9.59 Å². The zero-order chi connectivity index (χ0) is 14.7. The Bertz CT molecular complexity index is 299. The first-order chi connectivity index (χ1) is 8.99. The molecule has 2 atom stereocenters. The number of hydrogen-bond acceptors (Lipinski definition) is 2. The van der Waals surface area contributed by atoms with E-state index < -0.39 is 11.9 Å². The Kier molecular flexibility index (Phi) is 9.49. The van der Waals surface area contributed by atoms with Crippen molar-refractivity contribution in [1.29, 1.82) is 0 Å². The molecule has 2 unspecified atom stereocenters. The van der Waals surface area contributed by atoms with E-state index in [0.717, 1.165) is 32.1 Å². The van der Waals surface area contributed by atoms with Crippen molar-refractivity contribution in [3.8, 4) is 0 Å². The lowest BCUT2D eigenvalue weighted by atomic mass is 9.86. The topological polar surface area (TPSA) is 74.6 Å². The van der Waals surface area contributed by atoms with Gasteiger partial charge in [-0.1, -0.05) is 38.8 Å². The summed E-state index contributed by atoms with van der Waals surface area (Å²) in [6.45, 7) is 4.19. The van der Waals surface area contributed by atoms with E-state index in [1.807, 2.05) is 0 Å². The molecule has 0 aliphatic heterocycles. The highest BCUT2D eigenvalue weighted by Gasteiger charge is 2.12. The van der Waals surface area contributed by atoms with E-state index in [4.69, 9.17) is 10.2 Å². The fourth-order valence-electron chi connectivity index (χ4n) is 2.05. The highest BCUT2D eigenvalue weighted by Crippen LogP contribution is 2.24. The largest absolute Gasteiger partial charge is 0.478 e. The zero-order valence-electron chi connectivity index (χ0n) is 11.7. The SMILES string of the molecule is CCC(CC=CC(=O)O)CC(CC)CC=CC(=O)O. The van der Waals surface area contributed by atoms with Crippen molar-refractivity contribution >= 4 is 11.9 Å². The van der Waals surface area contributed by atoms with Gasteiger partial charge in [-0.2, -0.15) is 0 Å². The second kappa shape index (κ2) is 10.4. The summed E-state index contributed by atoms with van der Waals surface area (Å²) < 4.78 is 0. The standard InChI is InChI=1S/C15H24O4/c1-3-12(7-5-9-14(16)17)11-13(4-2)8-6-10-15(18)19/h5-6,9-10,12-13H,3-4,7-8,11H2,1-2H3,(H,16,17)(H,18,19). The van der Waals surface area contributed by atoms with Crippen LogP contribution in [0, 0.1) is 11.8 Å². The summed E-state index contributed by atoms with van der Waals surface area (Å²) in [5, 5.41) is 17.1. The molecule has 0 aromatic rings. The van der Waals surface area contributed by atoms with Gasteiger partial charge in [0.2, 0.25) is 0 Å². The van der Waals surface area contributed by atoms with Gasteiger partial charge in [-0.25, -0.2) is 9.59 Å². The smallest absolute Gasteiger partial charge is 0.327 e. The fraction of sp³-hybridized carbons (Fsp3) is 0.600. The maximum atomic E-state index is 10.4. The summed E-state index contributed by atoms with van der Waals surface area (Å²) in [7, 11) is 0. The molecule has 4 nitrogen and oxygen atoms in total. The van der Waals surface area contributed by atoms with Gasteiger partial charge in [0.25, 0.3) is 0 Å². The predicted octanol–water partition coefficient (Wildman–Crippen LogP) is 3.49. The van der Waals surface area contributed by atoms with E-state index in [-0.39, 0.29) is 0 Å². The van der Waals surface area contributed by atoms with E-state index in [0.29, 0.717) is 11.8 Å². The minimum Gasteiger partial charge on any atom is -0.478 e. The number of aliphatic carboxylic acids is 2. The van der Waals surface area contributed by atoms with Crippen molar-refractivity contribution in [2.75, 3.05) is 0 Å². The molecular formula is C15H24O4. The van der Waals surface area contributed by atoms with Gasteiger partial charge in [0.05, 0.1) is 0 Å². The molecule has 2 N–H and O–H groups in total. The first-order valence-corrected chi connectivity index (χ1v) is 6.78. The maximum absolute atomic E-state index is 10.4. The van der Waals surface area contributed by atoms with Crippen LogP contribution in [0.2, 0.25) is 0 Å². The Balaban J connectivity index is 4.23. The summed E-state index contributed by atoms with van der Waals surface area (Å²) >= 11 is 0. The predicted molar refractivity (Wildman–Crippen MR) is 75.0 cm³/mol. The molecule has 0 amide bonds. The highest BCUT2D eigenvalue weighted by molar-refractivity contribution is 5.79. The van der Waals surface area contributed by atoms with Gasteiger partial charge in [0.15, 0.2) is 0 Å². The quantitative estimate of drug-likeness (QED) is 0.595. The van der Waals surface area contributed by atoms with Gasteiger partial charge in [0, 0.05) is 12.2 Å². The van der Waals surface area contributed by atoms with E-state index in [9.17, 15) is 9.59 Å². The van der Waals surface area contributed by atoms with Crippen molar-refractivity contribution in [2.24, 2.45) is 11.8 Å². The van der Waals surface area contributed by atoms with Crippen LogP contribution in [0.25, 0.3) is 0 Å². The number of carboxylic acid groups (broad SMARTS) is 2. The second-order valence-corrected chi connectivity index (χ2v) is 4.74. The van der Waals surface area contributed by atoms with Crippen LogP contribution in [-0.4, -0.2) is 22.2 Å². The molecular weight excluding hydrogens is 244 g/mol. The Morgan fingerprint density at radius 1 is 0.895 bits per heavy atom. The first-order valence-electron chi connectivity index (χ1n) is 6.78. The van der Waals surface area contributed by atoms with Crippen molar-refractivity contribution in [2.45, 2.75) is 46.0 Å². The lowest BCUT2D eigenvalue weighted by molar-refractivity contribution is -0.132. The summed E-state index contributed by atoms with van der Waals surface area (Å²) in [6, 6.07) is 0. The van der Waals surface area contributed by atoms with Crippen LogP contribution in [0.5, 0.6) is 0 Å². The van der Waals surface area contributed by atoms with Gasteiger partial charge >= 0.3 is 11.9 Å². The fourth-order valence-corrected chi connectivity index (χ4v) is 2.05. The second-order valence-electron chi connectivity index (χ2n) is 4.74. The molecule has 0 bridgehead atoms. The van der Waals surface area contributed by atoms with Gasteiger partial charge in [-0.05, 0) is 31.1 Å². The van der Waals surface area contributed by atoms with Gasteiger partial charge in [-0.3, -0.25) is 0 Å². The first kappa shape index (κ1) is 17.4. The van der Waals surface area contributed by atoms with E-state index >= 15 is 0 Å². The van der Waals surface area contributed by atoms with E-state index in [2.05, 4.69) is 13.8 Å². The maximum Gasteiger partial charge on any atom is 0.327 e. The van der Waals surface area contributed by atoms with Crippen LogP contribution >= 0.6 is 0 Å². The van der Waals surface area contributed by atoms with Crippen molar-refractivity contribution in [1.82, 2.24) is 0 Å². The molecule has 4 heteroatoms. The van der Waals surface area contributed by atoms with Gasteiger partial charge in [0.1, 0.15) is 0 Å². The van der Waals surface area contributed by atoms with Crippen LogP contribution in [0.3, 0.4) is 0 Å². The van der Waals surface area contributed by atoms with E-state index in [1.165, 1.54) is 12.2 Å². The van der Waals surface area contributed by atoms with Crippen molar-refractivity contribution in [3.63, 3.8) is 0 Å². The molecule has 0 fully saturated rings. The Hall–Kier alpha value is -1.58. The Morgan fingerprint density at radius 2 is 1.26 bits per heavy atom. The number of allylic oxidation sites excluding steroid dienone is 2. The Labute approximate surface area is 114 Å². The zero-order valence-corrected chi connectivity index (χ0v) is 11.7. The number of rotatable bonds is 10. The van der Waals surface area contributed by atoms with Gasteiger partial charge < -0.3 is 10.2 Å². The molecule has 0 aliphatic rings. The van der Waals surface area contributed by atoms with Crippen LogP contribution in [0.15, 0.2) is 24.3 Å². The molecule has 108 valence electrons. The molecule has 0 saturated carbocycles. The third-order valence-electron chi connectivity index (χ3n) is 3.28. The lowest BCUT2D eigenvalue weighted by Gasteiger charge is -2.19. The summed E-state index contributed by atoms with van der Waals surface area (Å²) in [5.74, 6) is -0.907. The summed E-state index contributed by atoms with van der Waals surface area (Å²) in [6.07, 6.45) is 10.3. The van der Waals surface area contributed by atoms with Crippen molar-refractivity contribution < 1.29 is 19.8 Å². The normalized spacial score (nSPS) is 14.8. The molecule has 0 saturated heterocycles. The van der Waals surface area contributed by atoms with Crippen molar-refractivity contribution in [3.05, 3.63) is 24.3 Å². The summed E-state index contributed by atoms with van der Waals surface area (Å²) in [4.78, 5) is 20.8. The minimum absolute atomic E-state index is 0.457. The number of carboxylic acids is 2. The third kappa shape index (κ3) is 10.1. The van der Waals surface area contributed by atoms with Crippen LogP contribution in [0.1, 0.15) is 46.0 Å². The molecule has 0 aromatic heterocycles. The molecule has 0 rings (SSSR count). The van der Waals surface area contributed by atoms with Crippen LogP contribution < -0.4 is 0 Å². The monoisotopic (exact) mass is 268 g/mol. The number of carbonyl (C=O) groups is 2. The summed E-state index contributed by atoms with van der Waals surface area (Å²) in [5.41, 5.74) is 0. The molecule has 0 heterocycles. The van der Waals surface area contributed by atoms with Crippen LogP contribution in [0.4, 0.5) is 0 Å². The average Bonchev–Trinajstić information content (AvgIpc) is 2.34. The molecule has 19 heavy (non-hydrogen) atoms. The van der Waals surface area contributed by atoms with Gasteiger partial charge in [-0.15, -0.1) is 0 Å².